The minimum Gasteiger partial charge on any atom is -0.381 e. The van der Waals surface area contributed by atoms with Crippen LogP contribution in [0.1, 0.15) is 39.3 Å². The summed E-state index contributed by atoms with van der Waals surface area (Å²) in [5, 5.41) is 3.50. The summed E-state index contributed by atoms with van der Waals surface area (Å²) in [4.78, 5) is 4.26. The number of rotatable bonds is 5. The smallest absolute Gasteiger partial charge is 0.0603 e. The second kappa shape index (κ2) is 5.74. The lowest BCUT2D eigenvalue weighted by molar-refractivity contribution is 0.527. The van der Waals surface area contributed by atoms with Crippen LogP contribution in [0.4, 0.5) is 5.69 Å². The van der Waals surface area contributed by atoms with Crippen LogP contribution in [0.3, 0.4) is 0 Å². The van der Waals surface area contributed by atoms with E-state index in [4.69, 9.17) is 0 Å². The van der Waals surface area contributed by atoms with Crippen molar-refractivity contribution in [3.63, 3.8) is 0 Å². The van der Waals surface area contributed by atoms with Gasteiger partial charge in [0.25, 0.3) is 0 Å². The Hall–Kier alpha value is -1.05. The molecule has 1 N–H and O–H groups in total. The van der Waals surface area contributed by atoms with Crippen LogP contribution in [0.25, 0.3) is 0 Å². The quantitative estimate of drug-likeness (QED) is 0.795. The number of nitrogens with zero attached hydrogens (tertiary/aromatic N) is 1. The first-order valence-corrected chi connectivity index (χ1v) is 5.77. The SMILES string of the molecule is Cc1ncccc1N[C@@H](C)CCC(C)C. The van der Waals surface area contributed by atoms with Gasteiger partial charge in [-0.3, -0.25) is 4.98 Å². The van der Waals surface area contributed by atoms with Crippen LogP contribution < -0.4 is 5.32 Å². The Morgan fingerprint density at radius 1 is 1.27 bits per heavy atom. The second-order valence-electron chi connectivity index (χ2n) is 4.65. The molecule has 0 aliphatic carbocycles. The molecule has 1 aromatic heterocycles. The molecule has 0 amide bonds. The summed E-state index contributed by atoms with van der Waals surface area (Å²) in [6.07, 6.45) is 4.32. The molecule has 0 fully saturated rings. The Kier molecular flexibility index (Phi) is 4.60. The lowest BCUT2D eigenvalue weighted by Crippen LogP contribution is -2.16. The van der Waals surface area contributed by atoms with Crippen molar-refractivity contribution in [2.75, 3.05) is 5.32 Å². The topological polar surface area (TPSA) is 24.9 Å². The van der Waals surface area contributed by atoms with Gasteiger partial charge < -0.3 is 5.32 Å². The fourth-order valence-electron chi connectivity index (χ4n) is 1.56. The molecular weight excluding hydrogens is 184 g/mol. The minimum atomic E-state index is 0.523. The van der Waals surface area contributed by atoms with E-state index in [0.29, 0.717) is 6.04 Å². The Bertz CT molecular complexity index is 294. The van der Waals surface area contributed by atoms with E-state index in [1.165, 1.54) is 12.8 Å². The van der Waals surface area contributed by atoms with Crippen LogP contribution in [-0.2, 0) is 0 Å². The molecule has 0 radical (unpaired) electrons. The Labute approximate surface area is 93.1 Å². The third-order valence-corrected chi connectivity index (χ3v) is 2.59. The van der Waals surface area contributed by atoms with Crippen molar-refractivity contribution in [3.8, 4) is 0 Å². The van der Waals surface area contributed by atoms with E-state index >= 15 is 0 Å². The molecule has 2 heteroatoms. The molecule has 84 valence electrons. The zero-order valence-electron chi connectivity index (χ0n) is 10.2. The first-order chi connectivity index (χ1) is 7.09. The molecule has 0 aliphatic heterocycles. The van der Waals surface area contributed by atoms with Gasteiger partial charge in [0, 0.05) is 12.2 Å². The number of hydrogen-bond acceptors (Lipinski definition) is 2. The van der Waals surface area contributed by atoms with E-state index in [-0.39, 0.29) is 0 Å². The molecule has 0 saturated heterocycles. The van der Waals surface area contributed by atoms with Crippen LogP contribution >= 0.6 is 0 Å². The second-order valence-corrected chi connectivity index (χ2v) is 4.65. The standard InChI is InChI=1S/C13H22N2/c1-10(2)7-8-11(3)15-13-6-5-9-14-12(13)4/h5-6,9-11,15H,7-8H2,1-4H3/t11-/m0/s1. The van der Waals surface area contributed by atoms with Gasteiger partial charge in [-0.1, -0.05) is 13.8 Å². The number of hydrogen-bond donors (Lipinski definition) is 1. The van der Waals surface area contributed by atoms with E-state index in [0.717, 1.165) is 17.3 Å². The van der Waals surface area contributed by atoms with Crippen molar-refractivity contribution >= 4 is 5.69 Å². The van der Waals surface area contributed by atoms with E-state index in [1.54, 1.807) is 0 Å². The molecule has 0 saturated carbocycles. The van der Waals surface area contributed by atoms with Crippen LogP contribution in [-0.4, -0.2) is 11.0 Å². The van der Waals surface area contributed by atoms with Gasteiger partial charge in [0.2, 0.25) is 0 Å². The monoisotopic (exact) mass is 206 g/mol. The average Bonchev–Trinajstić information content (AvgIpc) is 2.18. The number of nitrogens with one attached hydrogen (secondary N) is 1. The summed E-state index contributed by atoms with van der Waals surface area (Å²) in [7, 11) is 0. The van der Waals surface area contributed by atoms with E-state index in [9.17, 15) is 0 Å². The van der Waals surface area contributed by atoms with Crippen molar-refractivity contribution in [1.82, 2.24) is 4.98 Å². The first kappa shape index (κ1) is 12.0. The molecule has 0 bridgehead atoms. The zero-order valence-corrected chi connectivity index (χ0v) is 10.2. The maximum Gasteiger partial charge on any atom is 0.0603 e. The van der Waals surface area contributed by atoms with Crippen molar-refractivity contribution in [1.29, 1.82) is 0 Å². The minimum absolute atomic E-state index is 0.523. The third-order valence-electron chi connectivity index (χ3n) is 2.59. The molecule has 1 heterocycles. The summed E-state index contributed by atoms with van der Waals surface area (Å²) < 4.78 is 0. The first-order valence-electron chi connectivity index (χ1n) is 5.77. The molecule has 2 nitrogen and oxygen atoms in total. The molecular formula is C13H22N2. The van der Waals surface area contributed by atoms with E-state index < -0.39 is 0 Å². The molecule has 15 heavy (non-hydrogen) atoms. The number of aryl methyl sites for hydroxylation is 1. The molecule has 1 atom stereocenters. The van der Waals surface area contributed by atoms with Crippen LogP contribution in [0.15, 0.2) is 18.3 Å². The van der Waals surface area contributed by atoms with Crippen molar-refractivity contribution in [2.24, 2.45) is 5.92 Å². The summed E-state index contributed by atoms with van der Waals surface area (Å²) in [6, 6.07) is 4.59. The van der Waals surface area contributed by atoms with Gasteiger partial charge >= 0.3 is 0 Å². The largest absolute Gasteiger partial charge is 0.381 e. The van der Waals surface area contributed by atoms with Gasteiger partial charge in [-0.25, -0.2) is 0 Å². The molecule has 0 spiro atoms. The predicted molar refractivity (Wildman–Crippen MR) is 66.1 cm³/mol. The maximum absolute atomic E-state index is 4.26. The summed E-state index contributed by atoms with van der Waals surface area (Å²) in [5.41, 5.74) is 2.24. The average molecular weight is 206 g/mol. The number of anilines is 1. The molecule has 0 unspecified atom stereocenters. The van der Waals surface area contributed by atoms with Crippen LogP contribution in [0, 0.1) is 12.8 Å². The van der Waals surface area contributed by atoms with Gasteiger partial charge in [-0.05, 0) is 44.7 Å². The highest BCUT2D eigenvalue weighted by Crippen LogP contribution is 2.15. The molecule has 1 aromatic rings. The highest BCUT2D eigenvalue weighted by Gasteiger charge is 2.05. The van der Waals surface area contributed by atoms with Crippen LogP contribution in [0.5, 0.6) is 0 Å². The summed E-state index contributed by atoms with van der Waals surface area (Å²) in [5.74, 6) is 0.782. The fraction of sp³-hybridized carbons (Fsp3) is 0.615. The normalized spacial score (nSPS) is 12.9. The molecule has 0 aromatic carbocycles. The lowest BCUT2D eigenvalue weighted by atomic mass is 10.0. The summed E-state index contributed by atoms with van der Waals surface area (Å²) in [6.45, 7) is 8.80. The Morgan fingerprint density at radius 2 is 2.00 bits per heavy atom. The third kappa shape index (κ3) is 4.32. The zero-order chi connectivity index (χ0) is 11.3. The van der Waals surface area contributed by atoms with Gasteiger partial charge in [0.1, 0.15) is 0 Å². The predicted octanol–water partition coefficient (Wildman–Crippen LogP) is 3.63. The molecule has 0 aliphatic rings. The number of aromatic nitrogens is 1. The van der Waals surface area contributed by atoms with Gasteiger partial charge in [-0.2, -0.15) is 0 Å². The van der Waals surface area contributed by atoms with Crippen molar-refractivity contribution in [3.05, 3.63) is 24.0 Å². The van der Waals surface area contributed by atoms with E-state index in [1.807, 2.05) is 19.2 Å². The molecule has 1 rings (SSSR count). The highest BCUT2D eigenvalue weighted by atomic mass is 14.9. The fourth-order valence-corrected chi connectivity index (χ4v) is 1.56. The van der Waals surface area contributed by atoms with Crippen LogP contribution in [0.2, 0.25) is 0 Å². The van der Waals surface area contributed by atoms with Gasteiger partial charge in [0.05, 0.1) is 11.4 Å². The van der Waals surface area contributed by atoms with Crippen molar-refractivity contribution in [2.45, 2.75) is 46.6 Å². The maximum atomic E-state index is 4.26. The Balaban J connectivity index is 2.44. The lowest BCUT2D eigenvalue weighted by Gasteiger charge is -2.17. The Morgan fingerprint density at radius 3 is 2.60 bits per heavy atom. The van der Waals surface area contributed by atoms with E-state index in [2.05, 4.69) is 37.1 Å². The summed E-state index contributed by atoms with van der Waals surface area (Å²) >= 11 is 0. The highest BCUT2D eigenvalue weighted by molar-refractivity contribution is 5.47. The number of pyridine rings is 1. The van der Waals surface area contributed by atoms with Gasteiger partial charge in [0.15, 0.2) is 0 Å². The van der Waals surface area contributed by atoms with Crippen molar-refractivity contribution < 1.29 is 0 Å². The van der Waals surface area contributed by atoms with Gasteiger partial charge in [-0.15, -0.1) is 0 Å².